The van der Waals surface area contributed by atoms with Gasteiger partial charge in [0.1, 0.15) is 5.82 Å². The Balaban J connectivity index is 2.47. The summed E-state index contributed by atoms with van der Waals surface area (Å²) >= 11 is 0. The standard InChI is InChI=1S/C17H25FN2O/c1-5-14-11-19(4)7-6-8-20(14)17-9-12(2)16(18)10-15(17)13(3)21/h9-10,14H,5-8,11H2,1-4H3. The van der Waals surface area contributed by atoms with E-state index in [0.717, 1.165) is 38.2 Å². The number of rotatable bonds is 3. The first kappa shape index (κ1) is 16.0. The molecule has 1 aliphatic rings. The van der Waals surface area contributed by atoms with Crippen LogP contribution in [0.25, 0.3) is 0 Å². The van der Waals surface area contributed by atoms with Gasteiger partial charge >= 0.3 is 0 Å². The summed E-state index contributed by atoms with van der Waals surface area (Å²) in [6.45, 7) is 8.38. The van der Waals surface area contributed by atoms with Gasteiger partial charge in [-0.25, -0.2) is 4.39 Å². The van der Waals surface area contributed by atoms with Gasteiger partial charge in [-0.05, 0) is 58.0 Å². The molecule has 0 aromatic heterocycles. The highest BCUT2D eigenvalue weighted by molar-refractivity contribution is 6.00. The van der Waals surface area contributed by atoms with E-state index in [1.54, 1.807) is 6.92 Å². The highest BCUT2D eigenvalue weighted by atomic mass is 19.1. The van der Waals surface area contributed by atoms with Gasteiger partial charge in [-0.15, -0.1) is 0 Å². The number of Topliss-reactive ketones (excluding diaryl/α,β-unsaturated/α-hetero) is 1. The van der Waals surface area contributed by atoms with Gasteiger partial charge in [0.2, 0.25) is 0 Å². The molecule has 2 rings (SSSR count). The van der Waals surface area contributed by atoms with Crippen molar-refractivity contribution >= 4 is 11.5 Å². The Hall–Kier alpha value is -1.42. The van der Waals surface area contributed by atoms with Crippen LogP contribution in [0.15, 0.2) is 12.1 Å². The van der Waals surface area contributed by atoms with Gasteiger partial charge in [-0.1, -0.05) is 6.92 Å². The summed E-state index contributed by atoms with van der Waals surface area (Å²) < 4.78 is 13.8. The van der Waals surface area contributed by atoms with Gasteiger partial charge < -0.3 is 9.80 Å². The minimum Gasteiger partial charge on any atom is -0.367 e. The molecule has 1 atom stereocenters. The third-order valence-electron chi connectivity index (χ3n) is 4.34. The molecule has 0 N–H and O–H groups in total. The zero-order chi connectivity index (χ0) is 15.6. The van der Waals surface area contributed by atoms with Crippen LogP contribution >= 0.6 is 0 Å². The number of benzene rings is 1. The number of ketones is 1. The van der Waals surface area contributed by atoms with E-state index in [4.69, 9.17) is 0 Å². The fraction of sp³-hybridized carbons (Fsp3) is 0.588. The number of hydrogen-bond donors (Lipinski definition) is 0. The van der Waals surface area contributed by atoms with Gasteiger partial charge in [-0.3, -0.25) is 4.79 Å². The maximum Gasteiger partial charge on any atom is 0.161 e. The molecule has 1 fully saturated rings. The normalized spacial score (nSPS) is 20.4. The van der Waals surface area contributed by atoms with Crippen LogP contribution in [0.5, 0.6) is 0 Å². The van der Waals surface area contributed by atoms with E-state index >= 15 is 0 Å². The summed E-state index contributed by atoms with van der Waals surface area (Å²) in [7, 11) is 2.13. The molecule has 1 unspecified atom stereocenters. The van der Waals surface area contributed by atoms with E-state index in [1.807, 2.05) is 6.07 Å². The Morgan fingerprint density at radius 2 is 2.10 bits per heavy atom. The van der Waals surface area contributed by atoms with Crippen molar-refractivity contribution in [1.82, 2.24) is 4.90 Å². The van der Waals surface area contributed by atoms with Crippen LogP contribution in [0.4, 0.5) is 10.1 Å². The molecule has 1 saturated heterocycles. The lowest BCUT2D eigenvalue weighted by molar-refractivity contribution is 0.101. The van der Waals surface area contributed by atoms with E-state index in [2.05, 4.69) is 23.8 Å². The van der Waals surface area contributed by atoms with Crippen molar-refractivity contribution < 1.29 is 9.18 Å². The van der Waals surface area contributed by atoms with E-state index < -0.39 is 0 Å². The number of nitrogens with zero attached hydrogens (tertiary/aromatic N) is 2. The number of hydrogen-bond acceptors (Lipinski definition) is 3. The van der Waals surface area contributed by atoms with Gasteiger partial charge in [-0.2, -0.15) is 0 Å². The number of carbonyl (C=O) groups is 1. The van der Waals surface area contributed by atoms with Crippen LogP contribution in [0.2, 0.25) is 0 Å². The fourth-order valence-corrected chi connectivity index (χ4v) is 3.10. The predicted molar refractivity (Wildman–Crippen MR) is 84.7 cm³/mol. The molecule has 0 aliphatic carbocycles. The molecule has 116 valence electrons. The van der Waals surface area contributed by atoms with Crippen molar-refractivity contribution in [2.45, 2.75) is 39.7 Å². The maximum absolute atomic E-state index is 13.8. The second-order valence-corrected chi connectivity index (χ2v) is 6.05. The highest BCUT2D eigenvalue weighted by Crippen LogP contribution is 2.29. The summed E-state index contributed by atoms with van der Waals surface area (Å²) in [5.74, 6) is -0.375. The van der Waals surface area contributed by atoms with Crippen molar-refractivity contribution in [3.8, 4) is 0 Å². The van der Waals surface area contributed by atoms with Crippen molar-refractivity contribution in [2.24, 2.45) is 0 Å². The first-order valence-corrected chi connectivity index (χ1v) is 7.70. The lowest BCUT2D eigenvalue weighted by Crippen LogP contribution is -2.40. The summed E-state index contributed by atoms with van der Waals surface area (Å²) in [6.07, 6.45) is 2.07. The fourth-order valence-electron chi connectivity index (χ4n) is 3.10. The van der Waals surface area contributed by atoms with E-state index in [0.29, 0.717) is 17.2 Å². The summed E-state index contributed by atoms with van der Waals surface area (Å²) in [4.78, 5) is 16.5. The predicted octanol–water partition coefficient (Wildman–Crippen LogP) is 3.26. The average molecular weight is 292 g/mol. The van der Waals surface area contributed by atoms with Gasteiger partial charge in [0.05, 0.1) is 0 Å². The number of halogens is 1. The van der Waals surface area contributed by atoms with E-state index in [1.165, 1.54) is 13.0 Å². The smallest absolute Gasteiger partial charge is 0.161 e. The molecule has 1 aromatic rings. The zero-order valence-electron chi connectivity index (χ0n) is 13.4. The van der Waals surface area contributed by atoms with Crippen molar-refractivity contribution in [1.29, 1.82) is 0 Å². The Morgan fingerprint density at radius 3 is 2.71 bits per heavy atom. The second-order valence-electron chi connectivity index (χ2n) is 6.05. The molecule has 0 radical (unpaired) electrons. The SMILES string of the molecule is CCC1CN(C)CCCN1c1cc(C)c(F)cc1C(C)=O. The number of anilines is 1. The molecule has 0 amide bonds. The van der Waals surface area contributed by atoms with Gasteiger partial charge in [0, 0.05) is 30.4 Å². The van der Waals surface area contributed by atoms with E-state index in [-0.39, 0.29) is 11.6 Å². The molecular weight excluding hydrogens is 267 g/mol. The van der Waals surface area contributed by atoms with Crippen LogP contribution in [-0.4, -0.2) is 43.4 Å². The quantitative estimate of drug-likeness (QED) is 0.799. The lowest BCUT2D eigenvalue weighted by atomic mass is 10.0. The second kappa shape index (κ2) is 6.56. The lowest BCUT2D eigenvalue weighted by Gasteiger charge is -2.33. The summed E-state index contributed by atoms with van der Waals surface area (Å²) in [6, 6.07) is 3.59. The molecular formula is C17H25FN2O. The molecule has 4 heteroatoms. The number of aryl methyl sites for hydroxylation is 1. The molecule has 3 nitrogen and oxygen atoms in total. The Labute approximate surface area is 126 Å². The van der Waals surface area contributed by atoms with Crippen LogP contribution < -0.4 is 4.90 Å². The Kier molecular flexibility index (Phi) is 4.99. The first-order chi connectivity index (χ1) is 9.93. The molecule has 1 heterocycles. The average Bonchev–Trinajstić information content (AvgIpc) is 2.62. The van der Waals surface area contributed by atoms with Gasteiger partial charge in [0.15, 0.2) is 5.78 Å². The zero-order valence-corrected chi connectivity index (χ0v) is 13.4. The first-order valence-electron chi connectivity index (χ1n) is 7.70. The van der Waals surface area contributed by atoms with E-state index in [9.17, 15) is 9.18 Å². The van der Waals surface area contributed by atoms with Gasteiger partial charge in [0.25, 0.3) is 0 Å². The minimum absolute atomic E-state index is 0.0728. The summed E-state index contributed by atoms with van der Waals surface area (Å²) in [5.41, 5.74) is 1.99. The minimum atomic E-state index is -0.302. The third kappa shape index (κ3) is 3.43. The Bertz CT molecular complexity index is 530. The number of carbonyl (C=O) groups excluding carboxylic acids is 1. The van der Waals surface area contributed by atoms with Crippen LogP contribution in [0.3, 0.4) is 0 Å². The van der Waals surface area contributed by atoms with Crippen molar-refractivity contribution in [3.63, 3.8) is 0 Å². The van der Waals surface area contributed by atoms with Crippen LogP contribution in [-0.2, 0) is 0 Å². The molecule has 21 heavy (non-hydrogen) atoms. The molecule has 0 bridgehead atoms. The molecule has 0 spiro atoms. The molecule has 0 saturated carbocycles. The van der Waals surface area contributed by atoms with Crippen molar-refractivity contribution in [3.05, 3.63) is 29.1 Å². The molecule has 1 aromatic carbocycles. The van der Waals surface area contributed by atoms with Crippen LogP contribution in [0.1, 0.15) is 42.6 Å². The monoisotopic (exact) mass is 292 g/mol. The topological polar surface area (TPSA) is 23.6 Å². The largest absolute Gasteiger partial charge is 0.367 e. The summed E-state index contributed by atoms with van der Waals surface area (Å²) in [5, 5.41) is 0. The maximum atomic E-state index is 13.8. The third-order valence-corrected chi connectivity index (χ3v) is 4.34. The molecule has 1 aliphatic heterocycles. The number of likely N-dealkylation sites (N-methyl/N-ethyl adjacent to an activating group) is 1. The Morgan fingerprint density at radius 1 is 1.38 bits per heavy atom. The highest BCUT2D eigenvalue weighted by Gasteiger charge is 2.25. The van der Waals surface area contributed by atoms with Crippen LogP contribution in [0, 0.1) is 12.7 Å². The van der Waals surface area contributed by atoms with Crippen molar-refractivity contribution in [2.75, 3.05) is 31.6 Å².